The summed E-state index contributed by atoms with van der Waals surface area (Å²) in [4.78, 5) is 0. The second-order valence-electron chi connectivity index (χ2n) is 4.44. The van der Waals surface area contributed by atoms with E-state index in [0.717, 1.165) is 30.8 Å². The molecule has 0 unspecified atom stereocenters. The number of benzene rings is 1. The molecule has 0 bridgehead atoms. The molecule has 0 aromatic heterocycles. The van der Waals surface area contributed by atoms with Gasteiger partial charge in [-0.1, -0.05) is 18.5 Å². The molecule has 18 heavy (non-hydrogen) atoms. The number of halogens is 1. The maximum absolute atomic E-state index is 6.25. The Hall–Kier alpha value is -0.930. The van der Waals surface area contributed by atoms with E-state index in [1.807, 2.05) is 26.0 Å². The van der Waals surface area contributed by atoms with Gasteiger partial charge in [-0.05, 0) is 38.4 Å². The van der Waals surface area contributed by atoms with Crippen LogP contribution in [0.4, 0.5) is 0 Å². The van der Waals surface area contributed by atoms with Gasteiger partial charge in [0.05, 0.1) is 13.2 Å². The van der Waals surface area contributed by atoms with Gasteiger partial charge in [0.15, 0.2) is 11.5 Å². The first-order chi connectivity index (χ1) is 8.58. The maximum Gasteiger partial charge on any atom is 0.163 e. The van der Waals surface area contributed by atoms with Crippen LogP contribution in [-0.4, -0.2) is 19.8 Å². The summed E-state index contributed by atoms with van der Waals surface area (Å²) in [6.45, 7) is 7.80. The second kappa shape index (κ2) is 7.49. The molecule has 0 aliphatic rings. The molecule has 0 saturated carbocycles. The van der Waals surface area contributed by atoms with E-state index < -0.39 is 0 Å². The van der Waals surface area contributed by atoms with Gasteiger partial charge in [-0.15, -0.1) is 0 Å². The lowest BCUT2D eigenvalue weighted by Crippen LogP contribution is -2.14. The molecule has 0 radical (unpaired) electrons. The zero-order valence-corrected chi connectivity index (χ0v) is 12.3. The van der Waals surface area contributed by atoms with Crippen molar-refractivity contribution in [3.05, 3.63) is 22.7 Å². The lowest BCUT2D eigenvalue weighted by atomic mass is 10.2. The summed E-state index contributed by atoms with van der Waals surface area (Å²) in [5, 5.41) is 4.03. The fraction of sp³-hybridized carbons (Fsp3) is 0.571. The van der Waals surface area contributed by atoms with E-state index >= 15 is 0 Å². The van der Waals surface area contributed by atoms with Gasteiger partial charge in [0.2, 0.25) is 0 Å². The molecule has 102 valence electrons. The lowest BCUT2D eigenvalue weighted by molar-refractivity contribution is 0.230. The van der Waals surface area contributed by atoms with Crippen molar-refractivity contribution in [1.29, 1.82) is 0 Å². The Balaban J connectivity index is 2.87. The molecule has 0 saturated heterocycles. The minimum absolute atomic E-state index is 0.0963. The van der Waals surface area contributed by atoms with E-state index in [2.05, 4.69) is 12.2 Å². The number of hydrogen-bond donors (Lipinski definition) is 1. The molecule has 1 aromatic carbocycles. The summed E-state index contributed by atoms with van der Waals surface area (Å²) in [5.74, 6) is 1.41. The van der Waals surface area contributed by atoms with Crippen molar-refractivity contribution in [3.63, 3.8) is 0 Å². The van der Waals surface area contributed by atoms with Crippen LogP contribution in [0.15, 0.2) is 12.1 Å². The molecule has 0 aliphatic carbocycles. The number of ether oxygens (including phenoxy) is 2. The van der Waals surface area contributed by atoms with Crippen LogP contribution in [0, 0.1) is 0 Å². The fourth-order valence-electron chi connectivity index (χ4n) is 1.62. The Bertz CT molecular complexity index is 380. The van der Waals surface area contributed by atoms with Crippen LogP contribution in [0.3, 0.4) is 0 Å². The van der Waals surface area contributed by atoms with Crippen molar-refractivity contribution in [2.24, 2.45) is 0 Å². The summed E-state index contributed by atoms with van der Waals surface area (Å²) >= 11 is 6.25. The van der Waals surface area contributed by atoms with Crippen molar-refractivity contribution in [3.8, 4) is 11.5 Å². The molecule has 0 amide bonds. The van der Waals surface area contributed by atoms with Gasteiger partial charge in [-0.25, -0.2) is 0 Å². The highest BCUT2D eigenvalue weighted by Gasteiger charge is 2.11. The van der Waals surface area contributed by atoms with Crippen LogP contribution >= 0.6 is 11.6 Å². The largest absolute Gasteiger partial charge is 0.493 e. The molecule has 3 nitrogen and oxygen atoms in total. The monoisotopic (exact) mass is 271 g/mol. The predicted molar refractivity (Wildman–Crippen MR) is 75.8 cm³/mol. The number of nitrogens with one attached hydrogen (secondary N) is 1. The van der Waals surface area contributed by atoms with Crippen LogP contribution in [0.25, 0.3) is 0 Å². The van der Waals surface area contributed by atoms with Gasteiger partial charge < -0.3 is 14.8 Å². The Morgan fingerprint density at radius 1 is 1.28 bits per heavy atom. The lowest BCUT2D eigenvalue weighted by Gasteiger charge is -2.16. The molecular formula is C14H22ClNO2. The molecule has 0 fully saturated rings. The minimum Gasteiger partial charge on any atom is -0.493 e. The highest BCUT2D eigenvalue weighted by molar-refractivity contribution is 6.31. The standard InChI is InChI=1S/C14H22ClNO2/c1-5-6-16-9-11-7-13(17-4)14(8-12(11)15)18-10(2)3/h7-8,10,16H,5-6,9H2,1-4H3. The van der Waals surface area contributed by atoms with Gasteiger partial charge in [0.25, 0.3) is 0 Å². The second-order valence-corrected chi connectivity index (χ2v) is 4.85. The van der Waals surface area contributed by atoms with Gasteiger partial charge in [0, 0.05) is 17.6 Å². The van der Waals surface area contributed by atoms with Gasteiger partial charge in [0.1, 0.15) is 0 Å². The van der Waals surface area contributed by atoms with Gasteiger partial charge >= 0.3 is 0 Å². The van der Waals surface area contributed by atoms with Crippen LogP contribution in [0.5, 0.6) is 11.5 Å². The van der Waals surface area contributed by atoms with E-state index in [0.29, 0.717) is 10.8 Å². The van der Waals surface area contributed by atoms with E-state index in [9.17, 15) is 0 Å². The quantitative estimate of drug-likeness (QED) is 0.768. The van der Waals surface area contributed by atoms with Gasteiger partial charge in [-0.3, -0.25) is 0 Å². The van der Waals surface area contributed by atoms with Crippen molar-refractivity contribution in [1.82, 2.24) is 5.32 Å². The van der Waals surface area contributed by atoms with Crippen molar-refractivity contribution in [2.75, 3.05) is 13.7 Å². The smallest absolute Gasteiger partial charge is 0.163 e. The number of hydrogen-bond acceptors (Lipinski definition) is 3. The third-order valence-electron chi connectivity index (χ3n) is 2.44. The highest BCUT2D eigenvalue weighted by Crippen LogP contribution is 2.33. The van der Waals surface area contributed by atoms with Crippen molar-refractivity contribution < 1.29 is 9.47 Å². The molecule has 0 heterocycles. The van der Waals surface area contributed by atoms with E-state index in [-0.39, 0.29) is 6.10 Å². The normalized spacial score (nSPS) is 10.8. The topological polar surface area (TPSA) is 30.5 Å². The molecule has 4 heteroatoms. The van der Waals surface area contributed by atoms with E-state index in [1.165, 1.54) is 0 Å². The molecule has 1 rings (SSSR count). The third-order valence-corrected chi connectivity index (χ3v) is 2.79. The zero-order chi connectivity index (χ0) is 13.5. The van der Waals surface area contributed by atoms with Crippen LogP contribution in [-0.2, 0) is 6.54 Å². The molecular weight excluding hydrogens is 250 g/mol. The molecule has 0 aliphatic heterocycles. The van der Waals surface area contributed by atoms with Gasteiger partial charge in [-0.2, -0.15) is 0 Å². The Labute approximate surface area is 114 Å². The Kier molecular flexibility index (Phi) is 6.30. The van der Waals surface area contributed by atoms with Crippen LogP contribution < -0.4 is 14.8 Å². The minimum atomic E-state index is 0.0963. The molecule has 1 N–H and O–H groups in total. The number of methoxy groups -OCH3 is 1. The molecule has 1 aromatic rings. The third kappa shape index (κ3) is 4.39. The highest BCUT2D eigenvalue weighted by atomic mass is 35.5. The fourth-order valence-corrected chi connectivity index (χ4v) is 1.84. The average molecular weight is 272 g/mol. The van der Waals surface area contributed by atoms with Crippen molar-refractivity contribution >= 4 is 11.6 Å². The Morgan fingerprint density at radius 3 is 2.56 bits per heavy atom. The zero-order valence-electron chi connectivity index (χ0n) is 11.5. The van der Waals surface area contributed by atoms with Crippen molar-refractivity contribution in [2.45, 2.75) is 39.8 Å². The SMILES string of the molecule is CCCNCc1cc(OC)c(OC(C)C)cc1Cl. The summed E-state index contributed by atoms with van der Waals surface area (Å²) in [6, 6.07) is 3.76. The van der Waals surface area contributed by atoms with Crippen LogP contribution in [0.1, 0.15) is 32.8 Å². The molecule has 0 atom stereocenters. The van der Waals surface area contributed by atoms with Crippen LogP contribution in [0.2, 0.25) is 5.02 Å². The Morgan fingerprint density at radius 2 is 2.00 bits per heavy atom. The first kappa shape index (κ1) is 15.1. The number of rotatable bonds is 7. The maximum atomic E-state index is 6.25. The summed E-state index contributed by atoms with van der Waals surface area (Å²) in [6.07, 6.45) is 1.20. The first-order valence-corrected chi connectivity index (χ1v) is 6.70. The summed E-state index contributed by atoms with van der Waals surface area (Å²) in [5.41, 5.74) is 1.03. The summed E-state index contributed by atoms with van der Waals surface area (Å²) < 4.78 is 11.0. The predicted octanol–water partition coefficient (Wildman–Crippen LogP) is 3.64. The average Bonchev–Trinajstić information content (AvgIpc) is 2.31. The summed E-state index contributed by atoms with van der Waals surface area (Å²) in [7, 11) is 1.64. The molecule has 0 spiro atoms. The van der Waals surface area contributed by atoms with E-state index in [4.69, 9.17) is 21.1 Å². The van der Waals surface area contributed by atoms with E-state index in [1.54, 1.807) is 7.11 Å². The first-order valence-electron chi connectivity index (χ1n) is 6.32.